The molecule has 0 saturated carbocycles. The zero-order valence-electron chi connectivity index (χ0n) is 12.5. The fourth-order valence-corrected chi connectivity index (χ4v) is 2.18. The van der Waals surface area contributed by atoms with Crippen molar-refractivity contribution in [3.8, 4) is 0 Å². The van der Waals surface area contributed by atoms with Crippen molar-refractivity contribution in [3.63, 3.8) is 0 Å². The number of aromatic nitrogens is 2. The molecule has 1 saturated heterocycles. The van der Waals surface area contributed by atoms with E-state index in [0.29, 0.717) is 24.5 Å². The fraction of sp³-hybridized carbons (Fsp3) is 0.615. The van der Waals surface area contributed by atoms with Gasteiger partial charge in [0, 0.05) is 12.6 Å². The molecule has 8 nitrogen and oxygen atoms in total. The van der Waals surface area contributed by atoms with Gasteiger partial charge in [0.05, 0.1) is 24.6 Å². The highest BCUT2D eigenvalue weighted by molar-refractivity contribution is 6.00. The van der Waals surface area contributed by atoms with Crippen LogP contribution in [0.5, 0.6) is 0 Å². The van der Waals surface area contributed by atoms with Crippen LogP contribution in [0.2, 0.25) is 0 Å². The second-order valence-corrected chi connectivity index (χ2v) is 5.36. The van der Waals surface area contributed by atoms with Gasteiger partial charge >= 0.3 is 0 Å². The summed E-state index contributed by atoms with van der Waals surface area (Å²) in [6.45, 7) is 6.36. The number of morpholine rings is 1. The molecule has 1 fully saturated rings. The number of hydrogen-bond acceptors (Lipinski definition) is 5. The zero-order chi connectivity index (χ0) is 15.6. The zero-order valence-corrected chi connectivity index (χ0v) is 12.5. The lowest BCUT2D eigenvalue weighted by Gasteiger charge is -2.34. The molecule has 1 aliphatic heterocycles. The van der Waals surface area contributed by atoms with Crippen LogP contribution in [0.3, 0.4) is 0 Å². The van der Waals surface area contributed by atoms with Gasteiger partial charge in [0.25, 0.3) is 5.91 Å². The van der Waals surface area contributed by atoms with Gasteiger partial charge in [-0.05, 0) is 20.8 Å². The van der Waals surface area contributed by atoms with E-state index in [2.05, 4.69) is 15.5 Å². The molecule has 0 aromatic carbocycles. The molecule has 1 unspecified atom stereocenters. The smallest absolute Gasteiger partial charge is 0.277 e. The molecule has 1 aliphatic rings. The third-order valence-corrected chi connectivity index (χ3v) is 3.32. The summed E-state index contributed by atoms with van der Waals surface area (Å²) in [6.07, 6.45) is 0. The maximum Gasteiger partial charge on any atom is 0.277 e. The van der Waals surface area contributed by atoms with Crippen LogP contribution >= 0.6 is 0 Å². The first kappa shape index (κ1) is 15.3. The van der Waals surface area contributed by atoms with Crippen molar-refractivity contribution in [2.24, 2.45) is 0 Å². The Hall–Kier alpha value is -2.09. The van der Waals surface area contributed by atoms with E-state index in [1.165, 1.54) is 4.90 Å². The van der Waals surface area contributed by atoms with E-state index >= 15 is 0 Å². The maximum atomic E-state index is 12.6. The average Bonchev–Trinajstić information content (AvgIpc) is 2.77. The highest BCUT2D eigenvalue weighted by Crippen LogP contribution is 2.18. The van der Waals surface area contributed by atoms with Gasteiger partial charge in [-0.25, -0.2) is 0 Å². The Kier molecular flexibility index (Phi) is 4.46. The van der Waals surface area contributed by atoms with Crippen molar-refractivity contribution in [2.45, 2.75) is 32.9 Å². The summed E-state index contributed by atoms with van der Waals surface area (Å²) in [5.74, 6) is -0.590. The fourth-order valence-electron chi connectivity index (χ4n) is 2.18. The first-order valence-corrected chi connectivity index (χ1v) is 6.91. The largest absolute Gasteiger partial charge is 0.395 e. The molecule has 116 valence electrons. The normalized spacial score (nSPS) is 18.9. The molecule has 2 amide bonds. The summed E-state index contributed by atoms with van der Waals surface area (Å²) in [4.78, 5) is 26.2. The highest BCUT2D eigenvalue weighted by atomic mass is 16.5. The van der Waals surface area contributed by atoms with Crippen molar-refractivity contribution >= 4 is 17.5 Å². The number of carbonyl (C=O) groups excluding carboxylic acids is 2. The summed E-state index contributed by atoms with van der Waals surface area (Å²) in [5.41, 5.74) is 6.94. The average molecular weight is 295 g/mol. The number of rotatable bonds is 3. The number of carbonyl (C=O) groups is 2. The number of amides is 2. The van der Waals surface area contributed by atoms with Gasteiger partial charge in [-0.3, -0.25) is 14.7 Å². The van der Waals surface area contributed by atoms with Crippen LogP contribution in [0.15, 0.2) is 0 Å². The lowest BCUT2D eigenvalue weighted by molar-refractivity contribution is -0.131. The van der Waals surface area contributed by atoms with Crippen molar-refractivity contribution < 1.29 is 14.3 Å². The van der Waals surface area contributed by atoms with Gasteiger partial charge in [0.15, 0.2) is 5.69 Å². The second kappa shape index (κ2) is 6.13. The topological polar surface area (TPSA) is 113 Å². The molecule has 2 heterocycles. The molecule has 2 rings (SSSR count). The molecule has 1 atom stereocenters. The molecule has 0 spiro atoms. The Morgan fingerprint density at radius 1 is 1.52 bits per heavy atom. The number of aromatic amines is 1. The number of nitrogens with one attached hydrogen (secondary N) is 2. The first-order chi connectivity index (χ1) is 9.91. The number of nitrogen functional groups attached to an aromatic ring is 1. The van der Waals surface area contributed by atoms with E-state index in [1.54, 1.807) is 6.92 Å². The summed E-state index contributed by atoms with van der Waals surface area (Å²) in [6, 6.07) is -0.667. The van der Waals surface area contributed by atoms with Gasteiger partial charge in [-0.15, -0.1) is 0 Å². The predicted octanol–water partition coefficient (Wildman–Crippen LogP) is -0.334. The lowest BCUT2D eigenvalue weighted by atomic mass is 10.1. The number of hydrogen-bond donors (Lipinski definition) is 3. The molecule has 1 aromatic heterocycles. The maximum absolute atomic E-state index is 12.6. The van der Waals surface area contributed by atoms with Gasteiger partial charge in [-0.1, -0.05) is 0 Å². The number of nitrogens with zero attached hydrogens (tertiary/aromatic N) is 2. The summed E-state index contributed by atoms with van der Waals surface area (Å²) in [5, 5.41) is 9.41. The molecule has 21 heavy (non-hydrogen) atoms. The highest BCUT2D eigenvalue weighted by Gasteiger charge is 2.35. The van der Waals surface area contributed by atoms with Crippen LogP contribution in [0, 0.1) is 6.92 Å². The van der Waals surface area contributed by atoms with Crippen LogP contribution in [0.4, 0.5) is 5.69 Å². The third-order valence-electron chi connectivity index (χ3n) is 3.32. The van der Waals surface area contributed by atoms with Crippen LogP contribution in [0.1, 0.15) is 30.0 Å². The monoisotopic (exact) mass is 295 g/mol. The summed E-state index contributed by atoms with van der Waals surface area (Å²) >= 11 is 0. The molecular formula is C13H21N5O3. The SMILES string of the molecule is Cc1[nH]nc(C(=O)N2CCOCC2C(=O)NC(C)C)c1N. The van der Waals surface area contributed by atoms with Crippen molar-refractivity contribution in [2.75, 3.05) is 25.5 Å². The van der Waals surface area contributed by atoms with Crippen LogP contribution in [-0.4, -0.2) is 58.8 Å². The number of aryl methyl sites for hydroxylation is 1. The molecular weight excluding hydrogens is 274 g/mol. The minimum Gasteiger partial charge on any atom is -0.395 e. The molecule has 0 aliphatic carbocycles. The Balaban J connectivity index is 2.20. The lowest BCUT2D eigenvalue weighted by Crippen LogP contribution is -2.56. The van der Waals surface area contributed by atoms with E-state index in [1.807, 2.05) is 13.8 Å². The number of nitrogens with two attached hydrogens (primary N) is 1. The van der Waals surface area contributed by atoms with Gasteiger partial charge < -0.3 is 20.7 Å². The number of anilines is 1. The van der Waals surface area contributed by atoms with Crippen molar-refractivity contribution in [3.05, 3.63) is 11.4 Å². The Morgan fingerprint density at radius 3 is 2.81 bits per heavy atom. The summed E-state index contributed by atoms with van der Waals surface area (Å²) < 4.78 is 5.32. The van der Waals surface area contributed by atoms with Gasteiger partial charge in [-0.2, -0.15) is 5.10 Å². The molecule has 4 N–H and O–H groups in total. The van der Waals surface area contributed by atoms with E-state index in [0.717, 1.165) is 0 Å². The third kappa shape index (κ3) is 3.15. The predicted molar refractivity (Wildman–Crippen MR) is 76.7 cm³/mol. The number of ether oxygens (including phenoxy) is 1. The Morgan fingerprint density at radius 2 is 2.24 bits per heavy atom. The van der Waals surface area contributed by atoms with Crippen molar-refractivity contribution in [1.29, 1.82) is 0 Å². The Bertz CT molecular complexity index is 540. The van der Waals surface area contributed by atoms with E-state index < -0.39 is 6.04 Å². The molecule has 0 radical (unpaired) electrons. The molecule has 1 aromatic rings. The summed E-state index contributed by atoms with van der Waals surface area (Å²) in [7, 11) is 0. The second-order valence-electron chi connectivity index (χ2n) is 5.36. The molecule has 8 heteroatoms. The van der Waals surface area contributed by atoms with E-state index in [9.17, 15) is 9.59 Å². The van der Waals surface area contributed by atoms with E-state index in [-0.39, 0.29) is 30.2 Å². The standard InChI is InChI=1S/C13H21N5O3/c1-7(2)15-12(19)9-6-21-5-4-18(9)13(20)11-10(14)8(3)16-17-11/h7,9H,4-6,14H2,1-3H3,(H,15,19)(H,16,17). The van der Waals surface area contributed by atoms with E-state index in [4.69, 9.17) is 10.5 Å². The van der Waals surface area contributed by atoms with Crippen LogP contribution < -0.4 is 11.1 Å². The minimum absolute atomic E-state index is 0.00549. The van der Waals surface area contributed by atoms with Crippen molar-refractivity contribution in [1.82, 2.24) is 20.4 Å². The quantitative estimate of drug-likeness (QED) is 0.706. The van der Waals surface area contributed by atoms with Gasteiger partial charge in [0.1, 0.15) is 6.04 Å². The Labute approximate surface area is 123 Å². The van der Waals surface area contributed by atoms with Crippen LogP contribution in [0.25, 0.3) is 0 Å². The van der Waals surface area contributed by atoms with Crippen LogP contribution in [-0.2, 0) is 9.53 Å². The molecule has 0 bridgehead atoms. The minimum atomic E-state index is -0.662. The van der Waals surface area contributed by atoms with Gasteiger partial charge in [0.2, 0.25) is 5.91 Å². The first-order valence-electron chi connectivity index (χ1n) is 6.91. The number of H-pyrrole nitrogens is 1.